The molecule has 0 radical (unpaired) electrons. The molecule has 0 spiro atoms. The van der Waals surface area contributed by atoms with E-state index in [1.807, 2.05) is 6.07 Å². The lowest BCUT2D eigenvalue weighted by Crippen LogP contribution is -2.41. The first-order valence-electron chi connectivity index (χ1n) is 7.12. The van der Waals surface area contributed by atoms with Gasteiger partial charge < -0.3 is 10.5 Å². The van der Waals surface area contributed by atoms with Gasteiger partial charge in [-0.05, 0) is 24.1 Å². The van der Waals surface area contributed by atoms with Crippen LogP contribution in [0, 0.1) is 6.92 Å². The van der Waals surface area contributed by atoms with Crippen molar-refractivity contribution in [2.75, 3.05) is 39.4 Å². The van der Waals surface area contributed by atoms with Crippen LogP contribution in [0.2, 0.25) is 0 Å². The molecule has 2 rings (SSSR count). The molecule has 1 fully saturated rings. The second kappa shape index (κ2) is 7.33. The van der Waals surface area contributed by atoms with E-state index in [2.05, 4.69) is 9.62 Å². The summed E-state index contributed by atoms with van der Waals surface area (Å²) >= 11 is 0. The van der Waals surface area contributed by atoms with Gasteiger partial charge in [0, 0.05) is 32.7 Å². The number of rotatable bonds is 6. The molecule has 0 bridgehead atoms. The lowest BCUT2D eigenvalue weighted by Gasteiger charge is -2.26. The van der Waals surface area contributed by atoms with Gasteiger partial charge in [-0.1, -0.05) is 12.1 Å². The Bertz CT molecular complexity index is 569. The molecule has 0 amide bonds. The van der Waals surface area contributed by atoms with E-state index >= 15 is 0 Å². The molecule has 7 heteroatoms. The number of nitrogens with two attached hydrogens (primary N) is 1. The summed E-state index contributed by atoms with van der Waals surface area (Å²) in [5, 5.41) is 0. The molecule has 3 N–H and O–H groups in total. The lowest BCUT2D eigenvalue weighted by molar-refractivity contribution is 0.0390. The van der Waals surface area contributed by atoms with Gasteiger partial charge in [0.15, 0.2) is 0 Å². The maximum atomic E-state index is 12.4. The predicted molar refractivity (Wildman–Crippen MR) is 81.5 cm³/mol. The zero-order valence-corrected chi connectivity index (χ0v) is 13.2. The monoisotopic (exact) mass is 313 g/mol. The summed E-state index contributed by atoms with van der Waals surface area (Å²) in [6.07, 6.45) is 0. The van der Waals surface area contributed by atoms with Crippen LogP contribution in [0.25, 0.3) is 0 Å². The molecule has 1 aliphatic heterocycles. The molecule has 6 nitrogen and oxygen atoms in total. The molecule has 1 aromatic rings. The minimum absolute atomic E-state index is 0.312. The average molecular weight is 313 g/mol. The molecule has 1 aliphatic rings. The Morgan fingerprint density at radius 2 is 2.05 bits per heavy atom. The van der Waals surface area contributed by atoms with Gasteiger partial charge in [-0.25, -0.2) is 13.1 Å². The fraction of sp³-hybridized carbons (Fsp3) is 0.571. The molecular weight excluding hydrogens is 290 g/mol. The van der Waals surface area contributed by atoms with Crippen LogP contribution in [0.15, 0.2) is 23.1 Å². The molecule has 0 saturated carbocycles. The van der Waals surface area contributed by atoms with Gasteiger partial charge in [0.25, 0.3) is 0 Å². The highest BCUT2D eigenvalue weighted by Gasteiger charge is 2.18. The van der Waals surface area contributed by atoms with E-state index in [0.29, 0.717) is 37.7 Å². The number of morpholine rings is 1. The van der Waals surface area contributed by atoms with Gasteiger partial charge in [0.2, 0.25) is 10.0 Å². The van der Waals surface area contributed by atoms with Crippen molar-refractivity contribution in [3.05, 3.63) is 29.3 Å². The standard InChI is InChI=1S/C14H23N3O3S/c1-12-2-3-13(11-15)10-14(12)21(18,19)16-4-5-17-6-8-20-9-7-17/h2-3,10,16H,4-9,11,15H2,1H3. The first-order valence-corrected chi connectivity index (χ1v) is 8.60. The van der Waals surface area contributed by atoms with E-state index in [-0.39, 0.29) is 0 Å². The molecule has 0 atom stereocenters. The Kier molecular flexibility index (Phi) is 5.72. The van der Waals surface area contributed by atoms with Crippen LogP contribution in [-0.2, 0) is 21.3 Å². The highest BCUT2D eigenvalue weighted by molar-refractivity contribution is 7.89. The topological polar surface area (TPSA) is 84.7 Å². The molecule has 21 heavy (non-hydrogen) atoms. The number of hydrogen-bond acceptors (Lipinski definition) is 5. The summed E-state index contributed by atoms with van der Waals surface area (Å²) in [4.78, 5) is 2.50. The summed E-state index contributed by atoms with van der Waals surface area (Å²) in [5.41, 5.74) is 7.12. The minimum atomic E-state index is -3.49. The Balaban J connectivity index is 1.97. The van der Waals surface area contributed by atoms with Crippen LogP contribution < -0.4 is 10.5 Å². The van der Waals surface area contributed by atoms with Gasteiger partial charge in [-0.15, -0.1) is 0 Å². The SMILES string of the molecule is Cc1ccc(CN)cc1S(=O)(=O)NCCN1CCOCC1. The van der Waals surface area contributed by atoms with E-state index in [1.54, 1.807) is 19.1 Å². The largest absolute Gasteiger partial charge is 0.379 e. The third-order valence-corrected chi connectivity index (χ3v) is 5.20. The van der Waals surface area contributed by atoms with Crippen LogP contribution in [0.4, 0.5) is 0 Å². The number of benzene rings is 1. The quantitative estimate of drug-likeness (QED) is 0.776. The lowest BCUT2D eigenvalue weighted by atomic mass is 10.1. The molecule has 1 heterocycles. The zero-order chi connectivity index (χ0) is 15.3. The Morgan fingerprint density at radius 3 is 2.71 bits per heavy atom. The zero-order valence-electron chi connectivity index (χ0n) is 12.3. The number of sulfonamides is 1. The second-order valence-electron chi connectivity index (χ2n) is 5.16. The molecule has 0 aliphatic carbocycles. The van der Waals surface area contributed by atoms with Crippen LogP contribution >= 0.6 is 0 Å². The van der Waals surface area contributed by atoms with Crippen LogP contribution in [0.5, 0.6) is 0 Å². The van der Waals surface area contributed by atoms with Crippen molar-refractivity contribution in [3.63, 3.8) is 0 Å². The molecule has 0 unspecified atom stereocenters. The Hall–Kier alpha value is -0.990. The average Bonchev–Trinajstić information content (AvgIpc) is 2.48. The van der Waals surface area contributed by atoms with Crippen molar-refractivity contribution < 1.29 is 13.2 Å². The summed E-state index contributed by atoms with van der Waals surface area (Å²) in [6, 6.07) is 5.28. The second-order valence-corrected chi connectivity index (χ2v) is 6.89. The van der Waals surface area contributed by atoms with Crippen molar-refractivity contribution in [3.8, 4) is 0 Å². The van der Waals surface area contributed by atoms with Gasteiger partial charge in [0.05, 0.1) is 18.1 Å². The number of hydrogen-bond donors (Lipinski definition) is 2. The number of nitrogens with one attached hydrogen (secondary N) is 1. The maximum Gasteiger partial charge on any atom is 0.240 e. The summed E-state index contributed by atoms with van der Waals surface area (Å²) in [7, 11) is -3.49. The maximum absolute atomic E-state index is 12.4. The summed E-state index contributed by atoms with van der Waals surface area (Å²) in [6.45, 7) is 6.34. The molecule has 0 aromatic heterocycles. The highest BCUT2D eigenvalue weighted by Crippen LogP contribution is 2.16. The summed E-state index contributed by atoms with van der Waals surface area (Å²) < 4.78 is 32.7. The minimum Gasteiger partial charge on any atom is -0.379 e. The first kappa shape index (κ1) is 16.4. The fourth-order valence-electron chi connectivity index (χ4n) is 2.30. The van der Waals surface area contributed by atoms with Crippen molar-refractivity contribution in [2.45, 2.75) is 18.4 Å². The summed E-state index contributed by atoms with van der Waals surface area (Å²) in [5.74, 6) is 0. The van der Waals surface area contributed by atoms with Gasteiger partial charge >= 0.3 is 0 Å². The van der Waals surface area contributed by atoms with Crippen molar-refractivity contribution in [1.82, 2.24) is 9.62 Å². The molecular formula is C14H23N3O3S. The van der Waals surface area contributed by atoms with Gasteiger partial charge in [-0.3, -0.25) is 4.90 Å². The van der Waals surface area contributed by atoms with Crippen LogP contribution in [0.3, 0.4) is 0 Å². The van der Waals surface area contributed by atoms with E-state index < -0.39 is 10.0 Å². The predicted octanol–water partition coefficient (Wildman–Crippen LogP) is 0.0642. The molecule has 118 valence electrons. The van der Waals surface area contributed by atoms with Crippen LogP contribution in [-0.4, -0.2) is 52.7 Å². The number of nitrogens with zero attached hydrogens (tertiary/aromatic N) is 1. The molecule has 1 aromatic carbocycles. The van der Waals surface area contributed by atoms with Gasteiger partial charge in [0.1, 0.15) is 0 Å². The van der Waals surface area contributed by atoms with E-state index in [1.165, 1.54) is 0 Å². The molecule has 1 saturated heterocycles. The Morgan fingerprint density at radius 1 is 1.33 bits per heavy atom. The smallest absolute Gasteiger partial charge is 0.240 e. The van der Waals surface area contributed by atoms with Crippen molar-refractivity contribution in [1.29, 1.82) is 0 Å². The Labute approximate surface area is 126 Å². The number of aryl methyl sites for hydroxylation is 1. The van der Waals surface area contributed by atoms with E-state index in [9.17, 15) is 8.42 Å². The first-order chi connectivity index (χ1) is 10.0. The number of ether oxygens (including phenoxy) is 1. The van der Waals surface area contributed by atoms with Crippen molar-refractivity contribution in [2.24, 2.45) is 5.73 Å². The van der Waals surface area contributed by atoms with Crippen LogP contribution in [0.1, 0.15) is 11.1 Å². The van der Waals surface area contributed by atoms with E-state index in [0.717, 1.165) is 24.2 Å². The third-order valence-electron chi connectivity index (χ3n) is 3.60. The third kappa shape index (κ3) is 4.49. The normalized spacial score (nSPS) is 17.0. The highest BCUT2D eigenvalue weighted by atomic mass is 32.2. The van der Waals surface area contributed by atoms with Gasteiger partial charge in [-0.2, -0.15) is 0 Å². The van der Waals surface area contributed by atoms with E-state index in [4.69, 9.17) is 10.5 Å². The fourth-order valence-corrected chi connectivity index (χ4v) is 3.62. The van der Waals surface area contributed by atoms with Crippen molar-refractivity contribution >= 4 is 10.0 Å².